The van der Waals surface area contributed by atoms with Gasteiger partial charge in [-0.3, -0.25) is 14.8 Å². The normalized spacial score (nSPS) is 15.0. The van der Waals surface area contributed by atoms with E-state index in [9.17, 15) is 4.79 Å². The average Bonchev–Trinajstić information content (AvgIpc) is 3.11. The van der Waals surface area contributed by atoms with E-state index < -0.39 is 0 Å². The van der Waals surface area contributed by atoms with E-state index in [2.05, 4.69) is 10.1 Å². The molecule has 0 atom stereocenters. The van der Waals surface area contributed by atoms with Crippen molar-refractivity contribution in [2.45, 2.75) is 13.8 Å². The summed E-state index contributed by atoms with van der Waals surface area (Å²) < 4.78 is 5.23. The largest absolute Gasteiger partial charge is 0.356 e. The molecular weight excluding hydrogens is 292 g/mol. The first-order valence-corrected chi connectivity index (χ1v) is 7.51. The van der Waals surface area contributed by atoms with Gasteiger partial charge in [-0.1, -0.05) is 5.16 Å². The first-order valence-electron chi connectivity index (χ1n) is 7.51. The lowest BCUT2D eigenvalue weighted by atomic mass is 10.2. The predicted molar refractivity (Wildman–Crippen MR) is 87.8 cm³/mol. The molecule has 1 aliphatic heterocycles. The zero-order valence-electron chi connectivity index (χ0n) is 13.0. The van der Waals surface area contributed by atoms with Crippen molar-refractivity contribution in [3.8, 4) is 0 Å². The molecule has 3 aromatic rings. The lowest BCUT2D eigenvalue weighted by Gasteiger charge is -2.19. The molecule has 116 valence electrons. The molecular formula is C17H16N4O2. The second-order valence-corrected chi connectivity index (χ2v) is 5.70. The Morgan fingerprint density at radius 1 is 1.13 bits per heavy atom. The fraction of sp³-hybridized carbons (Fsp3) is 0.235. The van der Waals surface area contributed by atoms with Crippen molar-refractivity contribution >= 4 is 28.4 Å². The second kappa shape index (κ2) is 5.08. The van der Waals surface area contributed by atoms with Crippen LogP contribution in [0.15, 0.2) is 41.2 Å². The van der Waals surface area contributed by atoms with Crippen molar-refractivity contribution in [2.75, 3.05) is 22.9 Å². The van der Waals surface area contributed by atoms with Gasteiger partial charge in [-0.05, 0) is 43.7 Å². The van der Waals surface area contributed by atoms with E-state index in [1.54, 1.807) is 22.2 Å². The molecule has 6 nitrogen and oxygen atoms in total. The Morgan fingerprint density at radius 2 is 1.96 bits per heavy atom. The molecule has 1 aliphatic rings. The molecule has 0 bridgehead atoms. The Morgan fingerprint density at radius 3 is 2.78 bits per heavy atom. The van der Waals surface area contributed by atoms with Gasteiger partial charge in [0.25, 0.3) is 0 Å². The standard InChI is InChI=1S/C17H16N4O2/c1-11-5-6-18-10-15(11)21-8-7-20(17(21)22)13-3-4-16-14(9-13)12(2)19-23-16/h3-6,9-10H,7-8H2,1-2H3. The second-order valence-electron chi connectivity index (χ2n) is 5.70. The van der Waals surface area contributed by atoms with Gasteiger partial charge < -0.3 is 4.52 Å². The number of anilines is 2. The highest BCUT2D eigenvalue weighted by molar-refractivity contribution is 6.07. The van der Waals surface area contributed by atoms with Crippen molar-refractivity contribution < 1.29 is 9.32 Å². The molecule has 1 saturated heterocycles. The van der Waals surface area contributed by atoms with E-state index in [0.717, 1.165) is 33.6 Å². The third kappa shape index (κ3) is 2.14. The molecule has 0 N–H and O–H groups in total. The molecule has 4 rings (SSSR count). The number of pyridine rings is 1. The van der Waals surface area contributed by atoms with Crippen LogP contribution in [-0.2, 0) is 0 Å². The fourth-order valence-corrected chi connectivity index (χ4v) is 2.95. The van der Waals surface area contributed by atoms with Crippen LogP contribution in [0.2, 0.25) is 0 Å². The summed E-state index contributed by atoms with van der Waals surface area (Å²) in [6, 6.07) is 7.59. The van der Waals surface area contributed by atoms with Crippen LogP contribution in [0.1, 0.15) is 11.3 Å². The lowest BCUT2D eigenvalue weighted by molar-refractivity contribution is 0.256. The summed E-state index contributed by atoms with van der Waals surface area (Å²) >= 11 is 0. The monoisotopic (exact) mass is 308 g/mol. The zero-order valence-corrected chi connectivity index (χ0v) is 13.0. The number of aryl methyl sites for hydroxylation is 2. The van der Waals surface area contributed by atoms with Crippen LogP contribution in [0.25, 0.3) is 11.0 Å². The Bertz CT molecular complexity index is 902. The highest BCUT2D eigenvalue weighted by Crippen LogP contribution is 2.29. The van der Waals surface area contributed by atoms with E-state index in [4.69, 9.17) is 4.52 Å². The Labute approximate surface area is 133 Å². The average molecular weight is 308 g/mol. The first kappa shape index (κ1) is 13.8. The summed E-state index contributed by atoms with van der Waals surface area (Å²) in [5.74, 6) is 0. The number of benzene rings is 1. The van der Waals surface area contributed by atoms with Crippen LogP contribution in [0, 0.1) is 13.8 Å². The van der Waals surface area contributed by atoms with E-state index in [-0.39, 0.29) is 6.03 Å². The number of carbonyl (C=O) groups is 1. The number of rotatable bonds is 2. The molecule has 0 unspecified atom stereocenters. The fourth-order valence-electron chi connectivity index (χ4n) is 2.95. The molecule has 1 fully saturated rings. The number of fused-ring (bicyclic) bond motifs is 1. The van der Waals surface area contributed by atoms with Gasteiger partial charge in [0.05, 0.1) is 17.6 Å². The zero-order chi connectivity index (χ0) is 16.0. The third-order valence-electron chi connectivity index (χ3n) is 4.26. The van der Waals surface area contributed by atoms with Gasteiger partial charge in [0.1, 0.15) is 0 Å². The molecule has 2 aromatic heterocycles. The van der Waals surface area contributed by atoms with Crippen molar-refractivity contribution in [2.24, 2.45) is 0 Å². The van der Waals surface area contributed by atoms with Gasteiger partial charge >= 0.3 is 6.03 Å². The predicted octanol–water partition coefficient (Wildman–Crippen LogP) is 3.29. The van der Waals surface area contributed by atoms with Crippen LogP contribution >= 0.6 is 0 Å². The number of urea groups is 1. The molecule has 23 heavy (non-hydrogen) atoms. The van der Waals surface area contributed by atoms with Gasteiger partial charge in [0.2, 0.25) is 0 Å². The summed E-state index contributed by atoms with van der Waals surface area (Å²) in [5.41, 5.74) is 4.33. The Balaban J connectivity index is 1.69. The summed E-state index contributed by atoms with van der Waals surface area (Å²) in [6.07, 6.45) is 3.48. The van der Waals surface area contributed by atoms with E-state index in [1.165, 1.54) is 0 Å². The topological polar surface area (TPSA) is 62.5 Å². The van der Waals surface area contributed by atoms with Crippen molar-refractivity contribution in [1.29, 1.82) is 0 Å². The SMILES string of the molecule is Cc1ccncc1N1CCN(c2ccc3onc(C)c3c2)C1=O. The molecule has 0 spiro atoms. The maximum atomic E-state index is 12.8. The minimum atomic E-state index is -0.0328. The van der Waals surface area contributed by atoms with Crippen LogP contribution in [0.5, 0.6) is 0 Å². The van der Waals surface area contributed by atoms with Gasteiger partial charge in [-0.2, -0.15) is 0 Å². The smallest absolute Gasteiger partial charge is 0.329 e. The molecule has 0 aliphatic carbocycles. The molecule has 2 amide bonds. The summed E-state index contributed by atoms with van der Waals surface area (Å²) in [4.78, 5) is 20.5. The van der Waals surface area contributed by atoms with Crippen molar-refractivity contribution in [3.63, 3.8) is 0 Å². The van der Waals surface area contributed by atoms with Gasteiger partial charge in [-0.25, -0.2) is 4.79 Å². The molecule has 6 heteroatoms. The Hall–Kier alpha value is -2.89. The van der Waals surface area contributed by atoms with Crippen LogP contribution in [-0.4, -0.2) is 29.3 Å². The number of hydrogen-bond acceptors (Lipinski definition) is 4. The summed E-state index contributed by atoms with van der Waals surface area (Å²) in [6.45, 7) is 5.17. The van der Waals surface area contributed by atoms with Gasteiger partial charge in [0, 0.05) is 30.4 Å². The summed E-state index contributed by atoms with van der Waals surface area (Å²) in [5, 5.41) is 4.90. The number of amides is 2. The van der Waals surface area contributed by atoms with Crippen molar-refractivity contribution in [1.82, 2.24) is 10.1 Å². The van der Waals surface area contributed by atoms with Crippen LogP contribution in [0.3, 0.4) is 0 Å². The van der Waals surface area contributed by atoms with E-state index in [0.29, 0.717) is 13.1 Å². The molecule has 1 aromatic carbocycles. The van der Waals surface area contributed by atoms with E-state index >= 15 is 0 Å². The van der Waals surface area contributed by atoms with Gasteiger partial charge in [0.15, 0.2) is 5.58 Å². The Kier molecular flexibility index (Phi) is 3.04. The third-order valence-corrected chi connectivity index (χ3v) is 4.26. The molecule has 0 saturated carbocycles. The minimum absolute atomic E-state index is 0.0328. The quantitative estimate of drug-likeness (QED) is 0.729. The van der Waals surface area contributed by atoms with E-state index in [1.807, 2.05) is 38.1 Å². The number of hydrogen-bond donors (Lipinski definition) is 0. The highest BCUT2D eigenvalue weighted by atomic mass is 16.5. The number of nitrogens with zero attached hydrogens (tertiary/aromatic N) is 4. The minimum Gasteiger partial charge on any atom is -0.356 e. The first-order chi connectivity index (χ1) is 11.1. The number of aromatic nitrogens is 2. The maximum absolute atomic E-state index is 12.8. The summed E-state index contributed by atoms with van der Waals surface area (Å²) in [7, 11) is 0. The highest BCUT2D eigenvalue weighted by Gasteiger charge is 2.31. The van der Waals surface area contributed by atoms with Gasteiger partial charge in [-0.15, -0.1) is 0 Å². The maximum Gasteiger partial charge on any atom is 0.329 e. The van der Waals surface area contributed by atoms with Crippen molar-refractivity contribution in [3.05, 3.63) is 47.9 Å². The lowest BCUT2D eigenvalue weighted by Crippen LogP contribution is -2.32. The number of carbonyl (C=O) groups excluding carboxylic acids is 1. The van der Waals surface area contributed by atoms with Crippen LogP contribution < -0.4 is 9.80 Å². The molecule has 0 radical (unpaired) electrons. The van der Waals surface area contributed by atoms with Crippen LogP contribution in [0.4, 0.5) is 16.2 Å². The molecule has 3 heterocycles.